The number of aromatic carboxylic acids is 1. The van der Waals surface area contributed by atoms with Crippen LogP contribution in [0.1, 0.15) is 43.0 Å². The molecule has 5 heteroatoms. The summed E-state index contributed by atoms with van der Waals surface area (Å²) in [5.74, 6) is -0.432. The zero-order valence-corrected chi connectivity index (χ0v) is 11.6. The largest absolute Gasteiger partial charge is 0.488 e. The predicted octanol–water partition coefficient (Wildman–Crippen LogP) is 3.58. The summed E-state index contributed by atoms with van der Waals surface area (Å²) in [7, 11) is 0. The van der Waals surface area contributed by atoms with Crippen LogP contribution in [0.4, 0.5) is 5.69 Å². The minimum Gasteiger partial charge on any atom is -0.488 e. The Hall–Kier alpha value is -1.42. The van der Waals surface area contributed by atoms with Gasteiger partial charge >= 0.3 is 5.97 Å². The Morgan fingerprint density at radius 1 is 1.42 bits per heavy atom. The molecule has 1 saturated carbocycles. The fourth-order valence-electron chi connectivity index (χ4n) is 2.50. The van der Waals surface area contributed by atoms with E-state index in [2.05, 4.69) is 6.92 Å². The first-order valence-corrected chi connectivity index (χ1v) is 6.86. The molecule has 0 bridgehead atoms. The van der Waals surface area contributed by atoms with Gasteiger partial charge in [-0.25, -0.2) is 4.79 Å². The molecule has 2 rings (SSSR count). The maximum Gasteiger partial charge on any atom is 0.339 e. The molecule has 1 fully saturated rings. The van der Waals surface area contributed by atoms with Crippen LogP contribution in [0.15, 0.2) is 12.1 Å². The molecule has 0 amide bonds. The number of benzene rings is 1. The van der Waals surface area contributed by atoms with Crippen molar-refractivity contribution in [2.24, 2.45) is 5.92 Å². The average Bonchev–Trinajstić information content (AvgIpc) is 2.34. The van der Waals surface area contributed by atoms with E-state index in [0.29, 0.717) is 11.6 Å². The molecule has 4 nitrogen and oxygen atoms in total. The quantitative estimate of drug-likeness (QED) is 0.832. The Morgan fingerprint density at radius 2 is 2.11 bits per heavy atom. The molecule has 104 valence electrons. The lowest BCUT2D eigenvalue weighted by Gasteiger charge is -2.30. The summed E-state index contributed by atoms with van der Waals surface area (Å²) in [4.78, 5) is 11.3. The number of carbonyl (C=O) groups is 1. The second-order valence-electron chi connectivity index (χ2n) is 5.10. The third kappa shape index (κ3) is 3.13. The van der Waals surface area contributed by atoms with E-state index in [1.165, 1.54) is 18.6 Å². The lowest BCUT2D eigenvalue weighted by Crippen LogP contribution is -2.29. The van der Waals surface area contributed by atoms with Gasteiger partial charge in [-0.15, -0.1) is 0 Å². The van der Waals surface area contributed by atoms with Gasteiger partial charge in [0, 0.05) is 5.69 Å². The Bertz CT molecular complexity index is 490. The minimum absolute atomic E-state index is 0.0213. The second-order valence-corrected chi connectivity index (χ2v) is 5.51. The van der Waals surface area contributed by atoms with E-state index in [-0.39, 0.29) is 22.4 Å². The Morgan fingerprint density at radius 3 is 2.74 bits per heavy atom. The van der Waals surface area contributed by atoms with Crippen LogP contribution >= 0.6 is 11.6 Å². The van der Waals surface area contributed by atoms with Gasteiger partial charge < -0.3 is 15.6 Å². The van der Waals surface area contributed by atoms with Gasteiger partial charge in [0.15, 0.2) is 5.75 Å². The Kier molecular flexibility index (Phi) is 4.20. The predicted molar refractivity (Wildman–Crippen MR) is 74.9 cm³/mol. The van der Waals surface area contributed by atoms with Gasteiger partial charge in [0.2, 0.25) is 0 Å². The van der Waals surface area contributed by atoms with Crippen LogP contribution in [0.25, 0.3) is 0 Å². The molecule has 2 atom stereocenters. The number of carboxylic acids is 1. The first-order valence-electron chi connectivity index (χ1n) is 6.48. The molecule has 1 aliphatic rings. The van der Waals surface area contributed by atoms with Crippen molar-refractivity contribution in [2.75, 3.05) is 5.73 Å². The van der Waals surface area contributed by atoms with Crippen molar-refractivity contribution in [3.05, 3.63) is 22.7 Å². The molecule has 1 aromatic carbocycles. The van der Waals surface area contributed by atoms with E-state index in [9.17, 15) is 9.90 Å². The third-order valence-corrected chi connectivity index (χ3v) is 3.88. The topological polar surface area (TPSA) is 72.5 Å². The lowest BCUT2D eigenvalue weighted by molar-refractivity contribution is 0.0673. The fourth-order valence-corrected chi connectivity index (χ4v) is 2.77. The van der Waals surface area contributed by atoms with Crippen LogP contribution in [0.3, 0.4) is 0 Å². The monoisotopic (exact) mass is 283 g/mol. The van der Waals surface area contributed by atoms with Crippen LogP contribution in [-0.2, 0) is 0 Å². The smallest absolute Gasteiger partial charge is 0.339 e. The number of halogens is 1. The maximum absolute atomic E-state index is 11.3. The highest BCUT2D eigenvalue weighted by atomic mass is 35.5. The maximum atomic E-state index is 11.3. The van der Waals surface area contributed by atoms with Gasteiger partial charge in [-0.2, -0.15) is 0 Å². The summed E-state index contributed by atoms with van der Waals surface area (Å²) in [6.07, 6.45) is 4.35. The third-order valence-electron chi connectivity index (χ3n) is 3.60. The summed E-state index contributed by atoms with van der Waals surface area (Å²) >= 11 is 6.08. The molecule has 0 radical (unpaired) electrons. The molecule has 3 N–H and O–H groups in total. The molecule has 1 aliphatic carbocycles. The number of ether oxygens (including phenoxy) is 1. The van der Waals surface area contributed by atoms with Crippen LogP contribution in [0.5, 0.6) is 5.75 Å². The molecule has 0 aliphatic heterocycles. The first-order chi connectivity index (χ1) is 8.99. The summed E-state index contributed by atoms with van der Waals surface area (Å²) in [5.41, 5.74) is 5.98. The number of nitrogen functional groups attached to an aromatic ring is 1. The summed E-state index contributed by atoms with van der Waals surface area (Å²) in [5, 5.41) is 9.48. The minimum atomic E-state index is -1.08. The molecular weight excluding hydrogens is 266 g/mol. The average molecular weight is 284 g/mol. The van der Waals surface area contributed by atoms with E-state index in [0.717, 1.165) is 19.3 Å². The lowest BCUT2D eigenvalue weighted by atomic mass is 9.88. The van der Waals surface area contributed by atoms with Gasteiger partial charge in [-0.1, -0.05) is 24.9 Å². The zero-order chi connectivity index (χ0) is 14.0. The number of hydrogen-bond acceptors (Lipinski definition) is 3. The Balaban J connectivity index is 2.30. The van der Waals surface area contributed by atoms with Gasteiger partial charge in [0.05, 0.1) is 5.02 Å². The highest BCUT2D eigenvalue weighted by Gasteiger charge is 2.26. The van der Waals surface area contributed by atoms with Crippen molar-refractivity contribution in [3.63, 3.8) is 0 Å². The highest BCUT2D eigenvalue weighted by Crippen LogP contribution is 2.36. The fraction of sp³-hybridized carbons (Fsp3) is 0.500. The van der Waals surface area contributed by atoms with Crippen LogP contribution in [0.2, 0.25) is 5.02 Å². The molecule has 19 heavy (non-hydrogen) atoms. The van der Waals surface area contributed by atoms with E-state index in [1.54, 1.807) is 0 Å². The summed E-state index contributed by atoms with van der Waals surface area (Å²) in [6.45, 7) is 2.12. The second kappa shape index (κ2) is 5.70. The van der Waals surface area contributed by atoms with E-state index in [1.807, 2.05) is 0 Å². The summed E-state index contributed by atoms with van der Waals surface area (Å²) < 4.78 is 5.88. The first kappa shape index (κ1) is 14.0. The van der Waals surface area contributed by atoms with Crippen molar-refractivity contribution in [1.29, 1.82) is 0 Å². The van der Waals surface area contributed by atoms with E-state index < -0.39 is 5.97 Å². The van der Waals surface area contributed by atoms with Crippen molar-refractivity contribution in [3.8, 4) is 5.75 Å². The van der Waals surface area contributed by atoms with Crippen molar-refractivity contribution < 1.29 is 14.6 Å². The molecule has 1 aromatic rings. The number of anilines is 1. The highest BCUT2D eigenvalue weighted by molar-refractivity contribution is 6.33. The number of rotatable bonds is 3. The molecular formula is C14H18ClNO3. The van der Waals surface area contributed by atoms with Crippen molar-refractivity contribution >= 4 is 23.3 Å². The molecule has 2 unspecified atom stereocenters. The molecule has 0 heterocycles. The van der Waals surface area contributed by atoms with Gasteiger partial charge in [0.1, 0.15) is 11.7 Å². The molecule has 0 spiro atoms. The van der Waals surface area contributed by atoms with Crippen LogP contribution in [0, 0.1) is 5.92 Å². The van der Waals surface area contributed by atoms with Gasteiger partial charge in [-0.3, -0.25) is 0 Å². The van der Waals surface area contributed by atoms with Crippen LogP contribution < -0.4 is 10.5 Å². The van der Waals surface area contributed by atoms with E-state index >= 15 is 0 Å². The Labute approximate surface area is 117 Å². The van der Waals surface area contributed by atoms with Gasteiger partial charge in [0.25, 0.3) is 0 Å². The number of hydrogen-bond donors (Lipinski definition) is 2. The van der Waals surface area contributed by atoms with Gasteiger partial charge in [-0.05, 0) is 37.3 Å². The summed E-state index contributed by atoms with van der Waals surface area (Å²) in [6, 6.07) is 2.91. The molecule has 0 aromatic heterocycles. The standard InChI is InChI=1S/C14H18ClNO3/c1-8-4-2-3-5-12(8)19-13-10(14(17)18)6-9(16)7-11(13)15/h6-8,12H,2-5,16H2,1H3,(H,17,18). The van der Waals surface area contributed by atoms with Crippen molar-refractivity contribution in [2.45, 2.75) is 38.7 Å². The normalized spacial score (nSPS) is 23.1. The van der Waals surface area contributed by atoms with E-state index in [4.69, 9.17) is 22.1 Å². The van der Waals surface area contributed by atoms with Crippen molar-refractivity contribution in [1.82, 2.24) is 0 Å². The number of carboxylic acid groups (broad SMARTS) is 1. The molecule has 0 saturated heterocycles. The number of nitrogens with two attached hydrogens (primary N) is 1. The zero-order valence-electron chi connectivity index (χ0n) is 10.9. The SMILES string of the molecule is CC1CCCCC1Oc1c(Cl)cc(N)cc1C(=O)O. The van der Waals surface area contributed by atoms with Crippen LogP contribution in [-0.4, -0.2) is 17.2 Å².